The molecule has 0 bridgehead atoms. The zero-order valence-corrected chi connectivity index (χ0v) is 20.4. The van der Waals surface area contributed by atoms with Crippen LogP contribution in [0.2, 0.25) is 0 Å². The lowest BCUT2D eigenvalue weighted by molar-refractivity contribution is 0.0755. The smallest absolute Gasteiger partial charge is 0.257 e. The molecule has 0 fully saturated rings. The number of hydrogen-bond donors (Lipinski definition) is 2. The van der Waals surface area contributed by atoms with E-state index in [-0.39, 0.29) is 16.9 Å². The van der Waals surface area contributed by atoms with E-state index in [2.05, 4.69) is 24.5 Å². The first-order valence-corrected chi connectivity index (χ1v) is 11.7. The van der Waals surface area contributed by atoms with Crippen molar-refractivity contribution >= 4 is 34.8 Å². The largest absolute Gasteiger partial charge is 0.491 e. The standard InChI is InChI=1S/C25H33N3O4S/c1-4-13-28(14-5-2)24(30)20-10-7-11-21(17-20)26-25(33)27-23(29)19-9-8-12-22(18-19)32-16-15-31-6-3/h7-12,17-18H,4-6,13-16H2,1-3H3,(H2,26,27,29,33). The highest BCUT2D eigenvalue weighted by Gasteiger charge is 2.15. The number of ether oxygens (including phenoxy) is 2. The summed E-state index contributed by atoms with van der Waals surface area (Å²) in [7, 11) is 0. The highest BCUT2D eigenvalue weighted by atomic mass is 32.1. The lowest BCUT2D eigenvalue weighted by atomic mass is 10.1. The molecule has 2 aromatic carbocycles. The van der Waals surface area contributed by atoms with Crippen molar-refractivity contribution in [3.8, 4) is 5.75 Å². The number of amides is 2. The number of nitrogens with one attached hydrogen (secondary N) is 2. The van der Waals surface area contributed by atoms with Crippen molar-refractivity contribution in [2.45, 2.75) is 33.6 Å². The van der Waals surface area contributed by atoms with Gasteiger partial charge in [-0.1, -0.05) is 26.0 Å². The Labute approximate surface area is 201 Å². The average molecular weight is 472 g/mol. The Balaban J connectivity index is 1.97. The third-order valence-corrected chi connectivity index (χ3v) is 4.87. The van der Waals surface area contributed by atoms with E-state index in [9.17, 15) is 9.59 Å². The van der Waals surface area contributed by atoms with Gasteiger partial charge in [0, 0.05) is 36.5 Å². The molecule has 0 aromatic heterocycles. The van der Waals surface area contributed by atoms with Crippen molar-refractivity contribution in [3.05, 3.63) is 59.7 Å². The Morgan fingerprint density at radius 2 is 1.64 bits per heavy atom. The predicted octanol–water partition coefficient (Wildman–Crippen LogP) is 4.49. The molecule has 2 rings (SSSR count). The van der Waals surface area contributed by atoms with E-state index >= 15 is 0 Å². The summed E-state index contributed by atoms with van der Waals surface area (Å²) in [5.41, 5.74) is 1.63. The van der Waals surface area contributed by atoms with E-state index in [1.54, 1.807) is 48.5 Å². The maximum Gasteiger partial charge on any atom is 0.257 e. The fraction of sp³-hybridized carbons (Fsp3) is 0.400. The summed E-state index contributed by atoms with van der Waals surface area (Å²) in [6, 6.07) is 14.0. The first-order valence-electron chi connectivity index (χ1n) is 11.3. The first-order chi connectivity index (χ1) is 16.0. The second-order valence-corrected chi connectivity index (χ2v) is 7.76. The van der Waals surface area contributed by atoms with Crippen molar-refractivity contribution in [3.63, 3.8) is 0 Å². The van der Waals surface area contributed by atoms with Gasteiger partial charge in [-0.3, -0.25) is 14.9 Å². The van der Waals surface area contributed by atoms with Crippen LogP contribution in [0.15, 0.2) is 48.5 Å². The van der Waals surface area contributed by atoms with Gasteiger partial charge in [-0.15, -0.1) is 0 Å². The molecule has 7 nitrogen and oxygen atoms in total. The predicted molar refractivity (Wildman–Crippen MR) is 135 cm³/mol. The molecule has 0 unspecified atom stereocenters. The Morgan fingerprint density at radius 3 is 2.33 bits per heavy atom. The van der Waals surface area contributed by atoms with Crippen LogP contribution in [0.4, 0.5) is 5.69 Å². The van der Waals surface area contributed by atoms with Crippen LogP contribution < -0.4 is 15.4 Å². The van der Waals surface area contributed by atoms with Gasteiger partial charge in [-0.25, -0.2) is 0 Å². The van der Waals surface area contributed by atoms with Crippen molar-refractivity contribution in [2.75, 3.05) is 38.2 Å². The zero-order valence-electron chi connectivity index (χ0n) is 19.6. The van der Waals surface area contributed by atoms with Crippen LogP contribution in [-0.2, 0) is 4.74 Å². The highest BCUT2D eigenvalue weighted by molar-refractivity contribution is 7.80. The van der Waals surface area contributed by atoms with Crippen molar-refractivity contribution in [1.29, 1.82) is 0 Å². The molecule has 33 heavy (non-hydrogen) atoms. The summed E-state index contributed by atoms with van der Waals surface area (Å²) in [5.74, 6) is 0.210. The Kier molecular flexibility index (Phi) is 11.3. The van der Waals surface area contributed by atoms with Crippen molar-refractivity contribution in [1.82, 2.24) is 10.2 Å². The number of nitrogens with zero attached hydrogens (tertiary/aromatic N) is 1. The minimum Gasteiger partial charge on any atom is -0.491 e. The number of hydrogen-bond acceptors (Lipinski definition) is 5. The van der Waals surface area contributed by atoms with Gasteiger partial charge < -0.3 is 19.7 Å². The fourth-order valence-corrected chi connectivity index (χ4v) is 3.41. The van der Waals surface area contributed by atoms with Gasteiger partial charge in [0.2, 0.25) is 0 Å². The monoisotopic (exact) mass is 471 g/mol. The highest BCUT2D eigenvalue weighted by Crippen LogP contribution is 2.15. The van der Waals surface area contributed by atoms with E-state index in [4.69, 9.17) is 21.7 Å². The van der Waals surface area contributed by atoms with Crippen LogP contribution in [0.5, 0.6) is 5.75 Å². The summed E-state index contributed by atoms with van der Waals surface area (Å²) in [5, 5.41) is 5.80. The van der Waals surface area contributed by atoms with Gasteiger partial charge in [0.25, 0.3) is 11.8 Å². The SMILES string of the molecule is CCCN(CCC)C(=O)c1cccc(NC(=S)NC(=O)c2cccc(OCCOCC)c2)c1. The number of thiocarbonyl (C=S) groups is 1. The van der Waals surface area contributed by atoms with Gasteiger partial charge in [-0.05, 0) is 68.4 Å². The normalized spacial score (nSPS) is 10.4. The summed E-state index contributed by atoms with van der Waals surface area (Å²) < 4.78 is 10.8. The molecule has 8 heteroatoms. The van der Waals surface area contributed by atoms with Crippen LogP contribution >= 0.6 is 12.2 Å². The molecule has 0 aliphatic heterocycles. The van der Waals surface area contributed by atoms with Crippen LogP contribution in [0, 0.1) is 0 Å². The summed E-state index contributed by atoms with van der Waals surface area (Å²) >= 11 is 5.30. The molecule has 2 aromatic rings. The van der Waals surface area contributed by atoms with Crippen molar-refractivity contribution < 1.29 is 19.1 Å². The Hall–Kier alpha value is -2.97. The van der Waals surface area contributed by atoms with E-state index in [0.29, 0.717) is 55.5 Å². The summed E-state index contributed by atoms with van der Waals surface area (Å²) in [4.78, 5) is 27.3. The summed E-state index contributed by atoms with van der Waals surface area (Å²) in [6.45, 7) is 8.97. The van der Waals surface area contributed by atoms with Crippen LogP contribution in [0.25, 0.3) is 0 Å². The Morgan fingerprint density at radius 1 is 0.939 bits per heavy atom. The minimum absolute atomic E-state index is 0.0153. The second kappa shape index (κ2) is 14.2. The number of anilines is 1. The lowest BCUT2D eigenvalue weighted by Gasteiger charge is -2.21. The minimum atomic E-state index is -0.355. The molecule has 0 saturated heterocycles. The van der Waals surface area contributed by atoms with E-state index in [0.717, 1.165) is 12.8 Å². The number of carbonyl (C=O) groups is 2. The molecular weight excluding hydrogens is 438 g/mol. The average Bonchev–Trinajstić information content (AvgIpc) is 2.81. The van der Waals surface area contributed by atoms with E-state index < -0.39 is 0 Å². The van der Waals surface area contributed by atoms with Crippen molar-refractivity contribution in [2.24, 2.45) is 0 Å². The number of carbonyl (C=O) groups excluding carboxylic acids is 2. The third kappa shape index (κ3) is 8.82. The molecule has 0 aliphatic carbocycles. The van der Waals surface area contributed by atoms with Gasteiger partial charge in [0.05, 0.1) is 6.61 Å². The maximum absolute atomic E-state index is 12.8. The molecule has 2 N–H and O–H groups in total. The molecule has 0 heterocycles. The molecular formula is C25H33N3O4S. The quantitative estimate of drug-likeness (QED) is 0.351. The lowest BCUT2D eigenvalue weighted by Crippen LogP contribution is -2.34. The third-order valence-electron chi connectivity index (χ3n) is 4.67. The molecule has 2 amide bonds. The zero-order chi connectivity index (χ0) is 24.1. The molecule has 0 spiro atoms. The van der Waals surface area contributed by atoms with Gasteiger partial charge in [-0.2, -0.15) is 0 Å². The first kappa shape index (κ1) is 26.3. The van der Waals surface area contributed by atoms with Crippen LogP contribution in [0.3, 0.4) is 0 Å². The van der Waals surface area contributed by atoms with Gasteiger partial charge in [0.15, 0.2) is 5.11 Å². The number of benzene rings is 2. The molecule has 0 saturated carbocycles. The number of rotatable bonds is 12. The Bertz CT molecular complexity index is 929. The molecule has 178 valence electrons. The second-order valence-electron chi connectivity index (χ2n) is 7.35. The van der Waals surface area contributed by atoms with E-state index in [1.807, 2.05) is 11.8 Å². The van der Waals surface area contributed by atoms with Gasteiger partial charge in [0.1, 0.15) is 12.4 Å². The fourth-order valence-electron chi connectivity index (χ4n) is 3.19. The molecule has 0 aliphatic rings. The van der Waals surface area contributed by atoms with Crippen LogP contribution in [-0.4, -0.2) is 54.7 Å². The maximum atomic E-state index is 12.8. The topological polar surface area (TPSA) is 79.9 Å². The van der Waals surface area contributed by atoms with Gasteiger partial charge >= 0.3 is 0 Å². The molecule has 0 atom stereocenters. The van der Waals surface area contributed by atoms with Crippen LogP contribution in [0.1, 0.15) is 54.3 Å². The van der Waals surface area contributed by atoms with E-state index in [1.165, 1.54) is 0 Å². The summed E-state index contributed by atoms with van der Waals surface area (Å²) in [6.07, 6.45) is 1.80. The molecule has 0 radical (unpaired) electrons.